The number of aromatic nitrogens is 1. The molecule has 0 aliphatic heterocycles. The van der Waals surface area contributed by atoms with Crippen LogP contribution in [0.3, 0.4) is 0 Å². The zero-order valence-electron chi connectivity index (χ0n) is 15.3. The highest BCUT2D eigenvalue weighted by atomic mass is 35.5. The first kappa shape index (κ1) is 18.9. The Morgan fingerprint density at radius 2 is 1.93 bits per heavy atom. The van der Waals surface area contributed by atoms with Crippen LogP contribution >= 0.6 is 11.6 Å². The van der Waals surface area contributed by atoms with Crippen molar-refractivity contribution < 1.29 is 14.6 Å². The Hall–Kier alpha value is -2.86. The first-order valence-corrected chi connectivity index (χ1v) is 8.91. The Morgan fingerprint density at radius 3 is 2.59 bits per heavy atom. The van der Waals surface area contributed by atoms with Crippen molar-refractivity contribution in [1.29, 1.82) is 0 Å². The number of amides is 1. The molecule has 0 radical (unpaired) electrons. The molecule has 0 unspecified atom stereocenters. The molecule has 140 valence electrons. The summed E-state index contributed by atoms with van der Waals surface area (Å²) in [4.78, 5) is 12.0. The minimum Gasteiger partial charge on any atom is -0.493 e. The smallest absolute Gasteiger partial charge is 0.302 e. The van der Waals surface area contributed by atoms with Crippen molar-refractivity contribution in [1.82, 2.24) is 4.57 Å². The maximum Gasteiger partial charge on any atom is 0.302 e. The summed E-state index contributed by atoms with van der Waals surface area (Å²) >= 11 is 5.81. The van der Waals surface area contributed by atoms with Crippen LogP contribution in [0.25, 0.3) is 10.9 Å². The van der Waals surface area contributed by atoms with E-state index in [0.717, 1.165) is 16.5 Å². The van der Waals surface area contributed by atoms with E-state index in [2.05, 4.69) is 10.2 Å². The number of halogens is 1. The lowest BCUT2D eigenvalue weighted by atomic mass is 10.1. The number of benzene rings is 2. The van der Waals surface area contributed by atoms with Crippen LogP contribution in [0.15, 0.2) is 52.7 Å². The van der Waals surface area contributed by atoms with Crippen LogP contribution in [-0.4, -0.2) is 22.2 Å². The molecule has 0 saturated heterocycles. The van der Waals surface area contributed by atoms with Gasteiger partial charge in [-0.05, 0) is 57.2 Å². The van der Waals surface area contributed by atoms with Gasteiger partial charge >= 0.3 is 5.91 Å². The Balaban J connectivity index is 1.82. The van der Waals surface area contributed by atoms with Gasteiger partial charge in [-0.15, -0.1) is 10.2 Å². The van der Waals surface area contributed by atoms with E-state index in [-0.39, 0.29) is 24.2 Å². The number of carbonyl (C=O) groups is 1. The molecule has 3 rings (SSSR count). The predicted octanol–water partition coefficient (Wildman–Crippen LogP) is 5.58. The number of hydrogen-bond donors (Lipinski definition) is 1. The number of azo groups is 1. The van der Waals surface area contributed by atoms with Gasteiger partial charge < -0.3 is 14.4 Å². The van der Waals surface area contributed by atoms with E-state index >= 15 is 0 Å². The second-order valence-electron chi connectivity index (χ2n) is 6.49. The molecule has 0 saturated carbocycles. The summed E-state index contributed by atoms with van der Waals surface area (Å²) < 4.78 is 7.12. The Labute approximate surface area is 162 Å². The van der Waals surface area contributed by atoms with Crippen LogP contribution in [0.4, 0.5) is 5.69 Å². The van der Waals surface area contributed by atoms with E-state index in [0.29, 0.717) is 10.8 Å². The van der Waals surface area contributed by atoms with Gasteiger partial charge in [0.2, 0.25) is 5.88 Å². The molecule has 0 bridgehead atoms. The molecule has 3 aromatic rings. The molecule has 27 heavy (non-hydrogen) atoms. The molecule has 1 amide bonds. The number of carbonyl (C=O) groups excluding carboxylic acids is 1. The molecule has 1 N–H and O–H groups in total. The molecule has 0 fully saturated rings. The molecule has 6 nitrogen and oxygen atoms in total. The normalized spacial score (nSPS) is 11.6. The van der Waals surface area contributed by atoms with Crippen molar-refractivity contribution in [2.75, 3.05) is 6.61 Å². The SMILES string of the molecule is Cc1ccc2c(c1)c(N=NC(=O)COc1ccc(Cl)cc1)c(O)n2C(C)C. The standard InChI is InChI=1S/C20H20ClN3O3/c1-12(2)24-17-9-4-13(3)10-16(17)19(20(24)26)23-22-18(25)11-27-15-7-5-14(21)6-8-15/h4-10,12,26H,11H2,1-3H3. The molecule has 0 aliphatic rings. The lowest BCUT2D eigenvalue weighted by molar-refractivity contribution is -0.120. The molecular weight excluding hydrogens is 366 g/mol. The van der Waals surface area contributed by atoms with Gasteiger partial charge in [-0.25, -0.2) is 0 Å². The maximum atomic E-state index is 12.0. The highest BCUT2D eigenvalue weighted by molar-refractivity contribution is 6.30. The summed E-state index contributed by atoms with van der Waals surface area (Å²) in [7, 11) is 0. The summed E-state index contributed by atoms with van der Waals surface area (Å²) in [5.74, 6) is -0.0546. The summed E-state index contributed by atoms with van der Waals surface area (Å²) in [6, 6.07) is 12.5. The summed E-state index contributed by atoms with van der Waals surface area (Å²) in [6.07, 6.45) is 0. The highest BCUT2D eigenvalue weighted by Crippen LogP contribution is 2.41. The molecule has 2 aromatic carbocycles. The van der Waals surface area contributed by atoms with E-state index in [4.69, 9.17) is 16.3 Å². The minimum absolute atomic E-state index is 0.0132. The minimum atomic E-state index is -0.553. The number of fused-ring (bicyclic) bond motifs is 1. The topological polar surface area (TPSA) is 76.2 Å². The second-order valence-corrected chi connectivity index (χ2v) is 6.93. The third-order valence-electron chi connectivity index (χ3n) is 4.06. The van der Waals surface area contributed by atoms with Crippen molar-refractivity contribution in [2.45, 2.75) is 26.8 Å². The van der Waals surface area contributed by atoms with Gasteiger partial charge in [0.1, 0.15) is 5.75 Å². The van der Waals surface area contributed by atoms with Gasteiger partial charge in [-0.3, -0.25) is 4.79 Å². The van der Waals surface area contributed by atoms with E-state index in [1.807, 2.05) is 39.0 Å². The summed E-state index contributed by atoms with van der Waals surface area (Å²) in [6.45, 7) is 5.62. The Morgan fingerprint density at radius 1 is 1.22 bits per heavy atom. The zero-order valence-corrected chi connectivity index (χ0v) is 16.1. The van der Waals surface area contributed by atoms with E-state index in [9.17, 15) is 9.90 Å². The van der Waals surface area contributed by atoms with Gasteiger partial charge in [-0.1, -0.05) is 23.2 Å². The fourth-order valence-corrected chi connectivity index (χ4v) is 2.96. The Kier molecular flexibility index (Phi) is 5.46. The quantitative estimate of drug-likeness (QED) is 0.582. The van der Waals surface area contributed by atoms with Crippen LogP contribution < -0.4 is 4.74 Å². The number of rotatable bonds is 5. The number of ether oxygens (including phenoxy) is 1. The van der Waals surface area contributed by atoms with Crippen molar-refractivity contribution in [3.8, 4) is 11.6 Å². The first-order chi connectivity index (χ1) is 12.9. The third-order valence-corrected chi connectivity index (χ3v) is 4.31. The van der Waals surface area contributed by atoms with Crippen LogP contribution in [0.5, 0.6) is 11.6 Å². The van der Waals surface area contributed by atoms with Gasteiger partial charge in [0.15, 0.2) is 12.3 Å². The molecule has 1 heterocycles. The largest absolute Gasteiger partial charge is 0.493 e. The average Bonchev–Trinajstić information content (AvgIpc) is 2.90. The first-order valence-electron chi connectivity index (χ1n) is 8.53. The fraction of sp³-hybridized carbons (Fsp3) is 0.250. The second kappa shape index (κ2) is 7.80. The molecule has 0 atom stereocenters. The van der Waals surface area contributed by atoms with E-state index in [1.54, 1.807) is 28.8 Å². The third kappa shape index (κ3) is 4.11. The predicted molar refractivity (Wildman–Crippen MR) is 105 cm³/mol. The van der Waals surface area contributed by atoms with Crippen molar-refractivity contribution in [2.24, 2.45) is 10.2 Å². The van der Waals surface area contributed by atoms with Crippen molar-refractivity contribution in [3.05, 3.63) is 53.1 Å². The van der Waals surface area contributed by atoms with Crippen molar-refractivity contribution >= 4 is 34.1 Å². The number of aromatic hydroxyl groups is 1. The zero-order chi connectivity index (χ0) is 19.6. The molecule has 0 spiro atoms. The molecule has 1 aromatic heterocycles. The van der Waals surface area contributed by atoms with Crippen LogP contribution in [-0.2, 0) is 4.79 Å². The van der Waals surface area contributed by atoms with E-state index < -0.39 is 5.91 Å². The summed E-state index contributed by atoms with van der Waals surface area (Å²) in [5.41, 5.74) is 2.14. The van der Waals surface area contributed by atoms with Gasteiger partial charge in [-0.2, -0.15) is 0 Å². The monoisotopic (exact) mass is 385 g/mol. The van der Waals surface area contributed by atoms with E-state index in [1.165, 1.54) is 0 Å². The lowest BCUT2D eigenvalue weighted by Gasteiger charge is -2.10. The van der Waals surface area contributed by atoms with Crippen LogP contribution in [0, 0.1) is 6.92 Å². The van der Waals surface area contributed by atoms with Gasteiger partial charge in [0.25, 0.3) is 0 Å². The average molecular weight is 386 g/mol. The van der Waals surface area contributed by atoms with Crippen LogP contribution in [0.2, 0.25) is 5.02 Å². The van der Waals surface area contributed by atoms with Gasteiger partial charge in [0.05, 0.1) is 5.52 Å². The number of hydrogen-bond acceptors (Lipinski definition) is 4. The molecular formula is C20H20ClN3O3. The molecule has 0 aliphatic carbocycles. The van der Waals surface area contributed by atoms with Crippen molar-refractivity contribution in [3.63, 3.8) is 0 Å². The van der Waals surface area contributed by atoms with Crippen LogP contribution in [0.1, 0.15) is 25.5 Å². The highest BCUT2D eigenvalue weighted by Gasteiger charge is 2.19. The molecule has 7 heteroatoms. The number of aryl methyl sites for hydroxylation is 1. The lowest BCUT2D eigenvalue weighted by Crippen LogP contribution is -2.07. The van der Waals surface area contributed by atoms with Gasteiger partial charge in [0, 0.05) is 16.5 Å². The summed E-state index contributed by atoms with van der Waals surface area (Å²) in [5, 5.41) is 19.6. The maximum absolute atomic E-state index is 12.0. The fourth-order valence-electron chi connectivity index (χ4n) is 2.83. The number of nitrogens with zero attached hydrogens (tertiary/aromatic N) is 3. The Bertz CT molecular complexity index is 1010.